The summed E-state index contributed by atoms with van der Waals surface area (Å²) in [5, 5.41) is 4.09. The summed E-state index contributed by atoms with van der Waals surface area (Å²) < 4.78 is 21.8. The minimum absolute atomic E-state index is 0.102. The van der Waals surface area contributed by atoms with Gasteiger partial charge in [0.15, 0.2) is 11.1 Å². The lowest BCUT2D eigenvalue weighted by Gasteiger charge is -2.46. The molecule has 1 unspecified atom stereocenters. The molecule has 2 aromatic rings. The third-order valence-electron chi connectivity index (χ3n) is 7.00. The molecule has 176 valence electrons. The van der Waals surface area contributed by atoms with E-state index in [4.69, 9.17) is 20.5 Å². The predicted octanol–water partition coefficient (Wildman–Crippen LogP) is 5.66. The molecule has 4 rings (SSSR count). The Bertz CT molecular complexity index is 1080. The van der Waals surface area contributed by atoms with Crippen LogP contribution in [0.3, 0.4) is 0 Å². The van der Waals surface area contributed by atoms with Crippen LogP contribution in [0, 0.1) is 0 Å². The summed E-state index contributed by atoms with van der Waals surface area (Å²) in [4.78, 5) is 13.0. The van der Waals surface area contributed by atoms with Gasteiger partial charge in [-0.2, -0.15) is 0 Å². The summed E-state index contributed by atoms with van der Waals surface area (Å²) in [5.74, 6) is -0.243. The highest BCUT2D eigenvalue weighted by Crippen LogP contribution is 2.54. The van der Waals surface area contributed by atoms with Crippen molar-refractivity contribution in [1.29, 1.82) is 0 Å². The SMILES string of the molecule is COC(=O)C1(Nc2cccc(Cl)c2)CCC2(CC1)C(CCCOS(C)=O)=Cc1ccccc12. The molecule has 0 aromatic heterocycles. The molecule has 1 saturated carbocycles. The van der Waals surface area contributed by atoms with Crippen LogP contribution in [0.25, 0.3) is 6.08 Å². The van der Waals surface area contributed by atoms with Crippen molar-refractivity contribution in [1.82, 2.24) is 0 Å². The van der Waals surface area contributed by atoms with Gasteiger partial charge < -0.3 is 10.1 Å². The molecule has 1 fully saturated rings. The Morgan fingerprint density at radius 1 is 1.12 bits per heavy atom. The maximum absolute atomic E-state index is 13.0. The van der Waals surface area contributed by atoms with Crippen LogP contribution in [-0.4, -0.2) is 35.7 Å². The third-order valence-corrected chi connectivity index (χ3v) is 7.74. The number of nitrogens with one attached hydrogen (secondary N) is 1. The van der Waals surface area contributed by atoms with Gasteiger partial charge in [-0.25, -0.2) is 9.00 Å². The van der Waals surface area contributed by atoms with Crippen molar-refractivity contribution in [2.75, 3.05) is 25.3 Å². The van der Waals surface area contributed by atoms with Crippen LogP contribution in [0.15, 0.2) is 54.1 Å². The van der Waals surface area contributed by atoms with Gasteiger partial charge >= 0.3 is 5.97 Å². The maximum Gasteiger partial charge on any atom is 0.331 e. The lowest BCUT2D eigenvalue weighted by Crippen LogP contribution is -2.52. The first-order valence-corrected chi connectivity index (χ1v) is 13.1. The highest BCUT2D eigenvalue weighted by Gasteiger charge is 2.51. The van der Waals surface area contributed by atoms with Gasteiger partial charge in [0.2, 0.25) is 0 Å². The van der Waals surface area contributed by atoms with Crippen LogP contribution in [0.1, 0.15) is 49.7 Å². The summed E-state index contributed by atoms with van der Waals surface area (Å²) in [6.45, 7) is 0.468. The first kappa shape index (κ1) is 24.0. The number of ether oxygens (including phenoxy) is 1. The number of halogens is 1. The van der Waals surface area contributed by atoms with Gasteiger partial charge in [-0.05, 0) is 67.9 Å². The number of esters is 1. The van der Waals surface area contributed by atoms with E-state index in [1.54, 1.807) is 6.26 Å². The average Bonchev–Trinajstić information content (AvgIpc) is 3.11. The number of hydrogen-bond acceptors (Lipinski definition) is 5. The number of carbonyl (C=O) groups excluding carboxylic acids is 1. The summed E-state index contributed by atoms with van der Waals surface area (Å²) in [7, 11) is 1.45. The van der Waals surface area contributed by atoms with Crippen LogP contribution in [0.2, 0.25) is 5.02 Å². The van der Waals surface area contributed by atoms with Gasteiger partial charge in [0.05, 0.1) is 13.7 Å². The fourth-order valence-corrected chi connectivity index (χ4v) is 5.96. The van der Waals surface area contributed by atoms with Crippen molar-refractivity contribution >= 4 is 40.4 Å². The Morgan fingerprint density at radius 3 is 2.58 bits per heavy atom. The van der Waals surface area contributed by atoms with E-state index in [9.17, 15) is 9.00 Å². The fourth-order valence-electron chi connectivity index (χ4n) is 5.42. The van der Waals surface area contributed by atoms with Crippen molar-refractivity contribution < 1.29 is 17.9 Å². The van der Waals surface area contributed by atoms with Crippen LogP contribution < -0.4 is 5.32 Å². The molecule has 0 radical (unpaired) electrons. The first-order valence-electron chi connectivity index (χ1n) is 11.3. The molecule has 33 heavy (non-hydrogen) atoms. The number of rotatable bonds is 8. The van der Waals surface area contributed by atoms with Gasteiger partial charge in [-0.1, -0.05) is 53.6 Å². The number of benzene rings is 2. The number of allylic oxidation sites excluding steroid dienone is 1. The van der Waals surface area contributed by atoms with E-state index < -0.39 is 16.6 Å². The minimum Gasteiger partial charge on any atom is -0.467 e. The molecule has 2 aliphatic rings. The Balaban J connectivity index is 1.58. The van der Waals surface area contributed by atoms with Gasteiger partial charge in [0.1, 0.15) is 5.54 Å². The summed E-state index contributed by atoms with van der Waals surface area (Å²) >= 11 is 4.93. The highest BCUT2D eigenvalue weighted by atomic mass is 35.5. The largest absolute Gasteiger partial charge is 0.467 e. The Labute approximate surface area is 203 Å². The number of anilines is 1. The van der Waals surface area contributed by atoms with E-state index >= 15 is 0 Å². The van der Waals surface area contributed by atoms with Crippen LogP contribution in [0.5, 0.6) is 0 Å². The summed E-state index contributed by atoms with van der Waals surface area (Å²) in [6, 6.07) is 16.0. The zero-order chi connectivity index (χ0) is 23.5. The first-order chi connectivity index (χ1) is 15.9. The molecule has 1 N–H and O–H groups in total. The van der Waals surface area contributed by atoms with E-state index in [-0.39, 0.29) is 11.4 Å². The number of hydrogen-bond donors (Lipinski definition) is 1. The van der Waals surface area contributed by atoms with Crippen molar-refractivity contribution in [3.05, 3.63) is 70.3 Å². The maximum atomic E-state index is 13.0. The van der Waals surface area contributed by atoms with Crippen molar-refractivity contribution in [2.45, 2.75) is 49.5 Å². The molecule has 0 aliphatic heterocycles. The van der Waals surface area contributed by atoms with Crippen molar-refractivity contribution in [2.24, 2.45) is 0 Å². The number of methoxy groups -OCH3 is 1. The molecular weight excluding hydrogens is 458 g/mol. The molecule has 0 amide bonds. The minimum atomic E-state index is -1.25. The van der Waals surface area contributed by atoms with Crippen LogP contribution >= 0.6 is 11.6 Å². The second kappa shape index (κ2) is 10.00. The Kier molecular flexibility index (Phi) is 7.27. The Hall–Kier alpha value is -2.15. The smallest absolute Gasteiger partial charge is 0.331 e. The topological polar surface area (TPSA) is 64.6 Å². The molecule has 2 aliphatic carbocycles. The third kappa shape index (κ3) is 4.88. The molecule has 0 saturated heterocycles. The zero-order valence-electron chi connectivity index (χ0n) is 19.1. The predicted molar refractivity (Wildman–Crippen MR) is 134 cm³/mol. The van der Waals surface area contributed by atoms with Gasteiger partial charge in [0.25, 0.3) is 0 Å². The average molecular weight is 488 g/mol. The van der Waals surface area contributed by atoms with E-state index in [1.807, 2.05) is 24.3 Å². The second-order valence-electron chi connectivity index (χ2n) is 8.87. The van der Waals surface area contributed by atoms with E-state index in [2.05, 4.69) is 35.7 Å². The molecule has 1 atom stereocenters. The Morgan fingerprint density at radius 2 is 1.88 bits per heavy atom. The van der Waals surface area contributed by atoms with Crippen molar-refractivity contribution in [3.8, 4) is 0 Å². The lowest BCUT2D eigenvalue weighted by atomic mass is 9.61. The van der Waals surface area contributed by atoms with Gasteiger partial charge in [0, 0.05) is 22.4 Å². The quantitative estimate of drug-likeness (QED) is 0.384. The van der Waals surface area contributed by atoms with E-state index in [0.717, 1.165) is 31.4 Å². The van der Waals surface area contributed by atoms with Crippen LogP contribution in [0.4, 0.5) is 5.69 Å². The molecule has 1 spiro atoms. The summed E-state index contributed by atoms with van der Waals surface area (Å²) in [5.41, 5.74) is 3.87. The molecular formula is C26H30ClNO4S. The molecule has 2 aromatic carbocycles. The standard InChI is InChI=1S/C26H30ClNO4S/c1-31-24(29)26(28-22-10-5-9-21(27)18-22)14-12-25(13-15-26)20(8-6-16-32-33(2)30)17-19-7-3-4-11-23(19)25/h3-5,7,9-11,17-18,28H,6,8,12-16H2,1-2H3. The monoisotopic (exact) mass is 487 g/mol. The second-order valence-corrected chi connectivity index (χ2v) is 10.3. The van der Waals surface area contributed by atoms with E-state index in [1.165, 1.54) is 23.8 Å². The molecule has 0 heterocycles. The van der Waals surface area contributed by atoms with Gasteiger partial charge in [-0.3, -0.25) is 4.18 Å². The molecule has 5 nitrogen and oxygen atoms in total. The summed E-state index contributed by atoms with van der Waals surface area (Å²) in [6.07, 6.45) is 8.49. The fraction of sp³-hybridized carbons (Fsp3) is 0.423. The molecule has 7 heteroatoms. The van der Waals surface area contributed by atoms with Crippen LogP contribution in [-0.2, 0) is 30.2 Å². The normalized spacial score (nSPS) is 24.8. The number of carbonyl (C=O) groups is 1. The molecule has 0 bridgehead atoms. The number of fused-ring (bicyclic) bond motifs is 2. The van der Waals surface area contributed by atoms with Gasteiger partial charge in [-0.15, -0.1) is 0 Å². The zero-order valence-corrected chi connectivity index (χ0v) is 20.6. The van der Waals surface area contributed by atoms with Crippen molar-refractivity contribution in [3.63, 3.8) is 0 Å². The van der Waals surface area contributed by atoms with E-state index in [0.29, 0.717) is 24.5 Å². The highest BCUT2D eigenvalue weighted by molar-refractivity contribution is 7.79. The lowest BCUT2D eigenvalue weighted by molar-refractivity contribution is -0.147.